The van der Waals surface area contributed by atoms with Crippen LogP contribution in [0.15, 0.2) is 11.1 Å². The fourth-order valence-electron chi connectivity index (χ4n) is 2.85. The minimum atomic E-state index is -3.63. The summed E-state index contributed by atoms with van der Waals surface area (Å²) in [6.07, 6.45) is 3.72. The number of nitrogens with zero attached hydrogens (tertiary/aromatic N) is 3. The molecule has 2 heterocycles. The second-order valence-electron chi connectivity index (χ2n) is 7.90. The maximum atomic E-state index is 12.8. The molecule has 0 atom stereocenters. The highest BCUT2D eigenvalue weighted by molar-refractivity contribution is 7.89. The van der Waals surface area contributed by atoms with E-state index in [1.807, 2.05) is 34.6 Å². The van der Waals surface area contributed by atoms with Crippen molar-refractivity contribution < 1.29 is 13.2 Å². The number of aromatic nitrogens is 2. The molecule has 25 heavy (non-hydrogen) atoms. The Labute approximate surface area is 150 Å². The van der Waals surface area contributed by atoms with Gasteiger partial charge in [0.2, 0.25) is 15.9 Å². The van der Waals surface area contributed by atoms with Crippen LogP contribution in [-0.2, 0) is 20.2 Å². The summed E-state index contributed by atoms with van der Waals surface area (Å²) in [5.74, 6) is 0.163. The third-order valence-corrected chi connectivity index (χ3v) is 5.76. The minimum Gasteiger partial charge on any atom is -0.343 e. The van der Waals surface area contributed by atoms with Crippen LogP contribution in [0.3, 0.4) is 0 Å². The Morgan fingerprint density at radius 3 is 2.52 bits per heavy atom. The van der Waals surface area contributed by atoms with E-state index in [1.54, 1.807) is 15.8 Å². The largest absolute Gasteiger partial charge is 0.343 e. The van der Waals surface area contributed by atoms with E-state index in [4.69, 9.17) is 0 Å². The van der Waals surface area contributed by atoms with Gasteiger partial charge in [-0.1, -0.05) is 20.8 Å². The summed E-state index contributed by atoms with van der Waals surface area (Å²) in [5.41, 5.74) is 0.204. The molecule has 1 fully saturated rings. The Morgan fingerprint density at radius 2 is 2.00 bits per heavy atom. The fourth-order valence-corrected chi connectivity index (χ4v) is 4.27. The van der Waals surface area contributed by atoms with Crippen molar-refractivity contribution in [2.24, 2.45) is 0 Å². The number of carbonyl (C=O) groups is 1. The molecule has 2 rings (SSSR count). The van der Waals surface area contributed by atoms with Gasteiger partial charge in [-0.15, -0.1) is 0 Å². The van der Waals surface area contributed by atoms with Crippen LogP contribution in [-0.4, -0.2) is 48.6 Å². The molecule has 7 nitrogen and oxygen atoms in total. The molecule has 8 heteroatoms. The van der Waals surface area contributed by atoms with Crippen LogP contribution in [0.5, 0.6) is 0 Å². The zero-order valence-corrected chi connectivity index (χ0v) is 16.7. The molecular weight excluding hydrogens is 340 g/mol. The highest BCUT2D eigenvalue weighted by Gasteiger charge is 2.30. The molecule has 1 aliphatic heterocycles. The summed E-state index contributed by atoms with van der Waals surface area (Å²) < 4.78 is 29.9. The van der Waals surface area contributed by atoms with Crippen LogP contribution in [0.4, 0.5) is 0 Å². The number of nitrogens with one attached hydrogen (secondary N) is 1. The van der Waals surface area contributed by atoms with E-state index < -0.39 is 10.0 Å². The molecule has 1 N–H and O–H groups in total. The number of likely N-dealkylation sites (tertiary alicyclic amines) is 1. The van der Waals surface area contributed by atoms with Crippen LogP contribution in [0.25, 0.3) is 0 Å². The van der Waals surface area contributed by atoms with E-state index in [9.17, 15) is 13.2 Å². The minimum absolute atomic E-state index is 0.0891. The number of sulfonamides is 1. The molecular formula is C17H30N4O3S. The quantitative estimate of drug-likeness (QED) is 0.745. The monoisotopic (exact) mass is 370 g/mol. The fraction of sp³-hybridized carbons (Fsp3) is 0.765. The molecule has 0 aliphatic carbocycles. The van der Waals surface area contributed by atoms with Gasteiger partial charge in [0.1, 0.15) is 4.90 Å². The van der Waals surface area contributed by atoms with Crippen LogP contribution in [0, 0.1) is 0 Å². The van der Waals surface area contributed by atoms with E-state index in [-0.39, 0.29) is 22.3 Å². The Morgan fingerprint density at radius 1 is 1.32 bits per heavy atom. The molecule has 142 valence electrons. The van der Waals surface area contributed by atoms with Gasteiger partial charge < -0.3 is 4.90 Å². The molecule has 1 saturated heterocycles. The average molecular weight is 371 g/mol. The van der Waals surface area contributed by atoms with Gasteiger partial charge >= 0.3 is 0 Å². The topological polar surface area (TPSA) is 84.3 Å². The first-order valence-corrected chi connectivity index (χ1v) is 10.4. The van der Waals surface area contributed by atoms with Gasteiger partial charge in [0, 0.05) is 43.7 Å². The Hall–Kier alpha value is -1.41. The molecule has 1 aromatic heterocycles. The summed E-state index contributed by atoms with van der Waals surface area (Å²) in [6.45, 7) is 11.5. The zero-order chi connectivity index (χ0) is 18.8. The van der Waals surface area contributed by atoms with E-state index >= 15 is 0 Å². The average Bonchev–Trinajstić information content (AvgIpc) is 3.10. The van der Waals surface area contributed by atoms with Crippen molar-refractivity contribution >= 4 is 15.9 Å². The van der Waals surface area contributed by atoms with E-state index in [0.717, 1.165) is 13.0 Å². The van der Waals surface area contributed by atoms with E-state index in [1.165, 1.54) is 0 Å². The van der Waals surface area contributed by atoms with Crippen LogP contribution in [0.1, 0.15) is 65.6 Å². The van der Waals surface area contributed by atoms with Crippen molar-refractivity contribution in [1.82, 2.24) is 19.4 Å². The maximum absolute atomic E-state index is 12.8. The van der Waals surface area contributed by atoms with Crippen LogP contribution < -0.4 is 4.72 Å². The molecule has 0 spiro atoms. The van der Waals surface area contributed by atoms with E-state index in [0.29, 0.717) is 31.6 Å². The third kappa shape index (κ3) is 4.82. The van der Waals surface area contributed by atoms with Gasteiger partial charge in [0.05, 0.1) is 5.69 Å². The van der Waals surface area contributed by atoms with Gasteiger partial charge in [-0.25, -0.2) is 13.1 Å². The lowest BCUT2D eigenvalue weighted by Gasteiger charge is -2.18. The van der Waals surface area contributed by atoms with Crippen molar-refractivity contribution in [3.05, 3.63) is 11.9 Å². The van der Waals surface area contributed by atoms with E-state index in [2.05, 4.69) is 9.82 Å². The maximum Gasteiger partial charge on any atom is 0.243 e. The molecule has 0 aromatic carbocycles. The molecule has 1 aliphatic rings. The number of amides is 1. The lowest BCUT2D eigenvalue weighted by molar-refractivity contribution is -0.127. The van der Waals surface area contributed by atoms with Crippen LogP contribution in [0.2, 0.25) is 0 Å². The predicted molar refractivity (Wildman–Crippen MR) is 96.9 cm³/mol. The number of carbonyl (C=O) groups excluding carboxylic acids is 1. The van der Waals surface area contributed by atoms with Crippen LogP contribution >= 0.6 is 0 Å². The van der Waals surface area contributed by atoms with Gasteiger partial charge in [-0.2, -0.15) is 5.10 Å². The lowest BCUT2D eigenvalue weighted by atomic mass is 9.92. The molecule has 0 unspecified atom stereocenters. The standard InChI is InChI=1S/C17H30N4O3S/c1-13(2)21-12-14(16(19-21)17(3,4)5)25(23,24)18-9-7-11-20-10-6-8-15(20)22/h12-13,18H,6-11H2,1-5H3. The van der Waals surface area contributed by atoms with Gasteiger partial charge in [-0.3, -0.25) is 9.48 Å². The Kier molecular flexibility index (Phi) is 5.93. The molecule has 0 radical (unpaired) electrons. The molecule has 0 saturated carbocycles. The Bertz CT molecular complexity index is 717. The lowest BCUT2D eigenvalue weighted by Crippen LogP contribution is -2.31. The first-order valence-electron chi connectivity index (χ1n) is 8.89. The second kappa shape index (κ2) is 7.45. The number of rotatable bonds is 7. The van der Waals surface area contributed by atoms with Crippen molar-refractivity contribution in [3.63, 3.8) is 0 Å². The SMILES string of the molecule is CC(C)n1cc(S(=O)(=O)NCCCN2CCCC2=O)c(C(C)(C)C)n1. The molecule has 1 aromatic rings. The summed E-state index contributed by atoms with van der Waals surface area (Å²) in [4.78, 5) is 13.6. The highest BCUT2D eigenvalue weighted by atomic mass is 32.2. The smallest absolute Gasteiger partial charge is 0.243 e. The van der Waals surface area contributed by atoms with Gasteiger partial charge in [-0.05, 0) is 26.7 Å². The summed E-state index contributed by atoms with van der Waals surface area (Å²) in [5, 5.41) is 4.49. The zero-order valence-electron chi connectivity index (χ0n) is 15.9. The third-order valence-electron chi connectivity index (χ3n) is 4.30. The first kappa shape index (κ1) is 19.9. The van der Waals surface area contributed by atoms with Crippen molar-refractivity contribution in [2.45, 2.75) is 70.2 Å². The Balaban J connectivity index is 2.06. The van der Waals surface area contributed by atoms with Crippen molar-refractivity contribution in [1.29, 1.82) is 0 Å². The number of hydrogen-bond donors (Lipinski definition) is 1. The molecule has 1 amide bonds. The predicted octanol–water partition coefficient (Wildman–Crippen LogP) is 2.05. The number of hydrogen-bond acceptors (Lipinski definition) is 4. The van der Waals surface area contributed by atoms with Gasteiger partial charge in [0.15, 0.2) is 0 Å². The first-order chi connectivity index (χ1) is 11.5. The summed E-state index contributed by atoms with van der Waals surface area (Å²) >= 11 is 0. The summed E-state index contributed by atoms with van der Waals surface area (Å²) in [7, 11) is -3.63. The normalized spacial score (nSPS) is 16.2. The highest BCUT2D eigenvalue weighted by Crippen LogP contribution is 2.28. The van der Waals surface area contributed by atoms with Gasteiger partial charge in [0.25, 0.3) is 0 Å². The molecule has 0 bridgehead atoms. The second-order valence-corrected chi connectivity index (χ2v) is 9.64. The van der Waals surface area contributed by atoms with Crippen molar-refractivity contribution in [2.75, 3.05) is 19.6 Å². The van der Waals surface area contributed by atoms with Crippen molar-refractivity contribution in [3.8, 4) is 0 Å². The summed E-state index contributed by atoms with van der Waals surface area (Å²) in [6, 6.07) is 0.0891.